The van der Waals surface area contributed by atoms with E-state index in [1.807, 2.05) is 51.1 Å². The van der Waals surface area contributed by atoms with E-state index >= 15 is 0 Å². The lowest BCUT2D eigenvalue weighted by Crippen LogP contribution is -2.29. The van der Waals surface area contributed by atoms with Gasteiger partial charge in [-0.3, -0.25) is 4.99 Å². The summed E-state index contributed by atoms with van der Waals surface area (Å²) in [6, 6.07) is 11.4. The van der Waals surface area contributed by atoms with Crippen molar-refractivity contribution in [1.29, 1.82) is 0 Å². The van der Waals surface area contributed by atoms with Gasteiger partial charge in [0.25, 0.3) is 10.0 Å². The maximum absolute atomic E-state index is 12.5. The fourth-order valence-electron chi connectivity index (χ4n) is 2.43. The van der Waals surface area contributed by atoms with E-state index in [2.05, 4.69) is 10.3 Å². The van der Waals surface area contributed by atoms with Crippen LogP contribution in [0.3, 0.4) is 0 Å². The predicted molar refractivity (Wildman–Crippen MR) is 109 cm³/mol. The Morgan fingerprint density at radius 1 is 1.15 bits per heavy atom. The normalized spacial score (nSPS) is 12.5. The van der Waals surface area contributed by atoms with E-state index < -0.39 is 10.0 Å². The molecule has 0 aliphatic heterocycles. The van der Waals surface area contributed by atoms with Gasteiger partial charge in [-0.25, -0.2) is 8.42 Å². The molecule has 8 heteroatoms. The van der Waals surface area contributed by atoms with Gasteiger partial charge in [-0.05, 0) is 31.2 Å². The molecular weight excluding hydrogens is 368 g/mol. The van der Waals surface area contributed by atoms with Gasteiger partial charge in [0, 0.05) is 36.6 Å². The van der Waals surface area contributed by atoms with Crippen molar-refractivity contribution >= 4 is 33.0 Å². The highest BCUT2D eigenvalue weighted by Crippen LogP contribution is 2.25. The molecular formula is C18H26N4O2S2. The number of nitrogens with zero attached hydrogens (tertiary/aromatic N) is 2. The van der Waals surface area contributed by atoms with Crippen LogP contribution in [-0.4, -0.2) is 38.3 Å². The van der Waals surface area contributed by atoms with Crippen LogP contribution in [-0.2, 0) is 16.4 Å². The van der Waals surface area contributed by atoms with Crippen molar-refractivity contribution in [3.8, 4) is 0 Å². The van der Waals surface area contributed by atoms with Gasteiger partial charge >= 0.3 is 0 Å². The fourth-order valence-corrected chi connectivity index (χ4v) is 5.39. The van der Waals surface area contributed by atoms with Gasteiger partial charge in [0.15, 0.2) is 5.96 Å². The third-order valence-electron chi connectivity index (χ3n) is 3.90. The monoisotopic (exact) mass is 394 g/mol. The Balaban J connectivity index is 1.94. The molecule has 1 heterocycles. The number of anilines is 1. The van der Waals surface area contributed by atoms with Crippen molar-refractivity contribution in [1.82, 2.24) is 4.31 Å². The standard InChI is InChI=1S/C18H26N4O2S2/c1-4-22(5-2)26(23,24)17-11-10-16(25-17)12-13-20-18(19)21-15-8-6-14(3)7-9-15/h6-11H,4-5,12-13H2,1-3H3,(H3,19,20,21). The van der Waals surface area contributed by atoms with Crippen molar-refractivity contribution in [3.05, 3.63) is 46.8 Å². The number of hydrogen-bond donors (Lipinski definition) is 2. The SMILES string of the molecule is CCN(CC)S(=O)(=O)c1ccc(CCN=C(N)Nc2ccc(C)cc2)s1. The number of sulfonamides is 1. The summed E-state index contributed by atoms with van der Waals surface area (Å²) in [6.45, 7) is 7.14. The molecule has 1 aromatic heterocycles. The molecule has 1 aromatic carbocycles. The lowest BCUT2D eigenvalue weighted by Gasteiger charge is -2.16. The fraction of sp³-hybridized carbons (Fsp3) is 0.389. The summed E-state index contributed by atoms with van der Waals surface area (Å²) in [7, 11) is -3.39. The molecule has 2 rings (SSSR count). The smallest absolute Gasteiger partial charge is 0.252 e. The quantitative estimate of drug-likeness (QED) is 0.532. The topological polar surface area (TPSA) is 87.8 Å². The summed E-state index contributed by atoms with van der Waals surface area (Å²) < 4.78 is 26.8. The van der Waals surface area contributed by atoms with E-state index in [0.29, 0.717) is 36.2 Å². The molecule has 0 spiro atoms. The summed E-state index contributed by atoms with van der Waals surface area (Å²) in [6.07, 6.45) is 0.648. The van der Waals surface area contributed by atoms with Crippen LogP contribution in [0, 0.1) is 6.92 Å². The molecule has 26 heavy (non-hydrogen) atoms. The number of thiophene rings is 1. The molecule has 0 radical (unpaired) electrons. The molecule has 0 saturated heterocycles. The molecule has 142 valence electrons. The first-order valence-electron chi connectivity index (χ1n) is 8.59. The first-order chi connectivity index (χ1) is 12.4. The van der Waals surface area contributed by atoms with Gasteiger partial charge in [-0.15, -0.1) is 11.3 Å². The highest BCUT2D eigenvalue weighted by atomic mass is 32.2. The number of aliphatic imine (C=N–C) groups is 1. The van der Waals surface area contributed by atoms with Crippen LogP contribution in [0.2, 0.25) is 0 Å². The van der Waals surface area contributed by atoms with Gasteiger partial charge in [0.1, 0.15) is 4.21 Å². The number of benzene rings is 1. The van der Waals surface area contributed by atoms with Gasteiger partial charge in [-0.2, -0.15) is 4.31 Å². The summed E-state index contributed by atoms with van der Waals surface area (Å²) in [5.74, 6) is 0.349. The number of nitrogens with one attached hydrogen (secondary N) is 1. The Morgan fingerprint density at radius 3 is 2.42 bits per heavy atom. The molecule has 6 nitrogen and oxygen atoms in total. The Kier molecular flexibility index (Phi) is 7.19. The van der Waals surface area contributed by atoms with E-state index in [9.17, 15) is 8.42 Å². The predicted octanol–water partition coefficient (Wildman–Crippen LogP) is 3.06. The Morgan fingerprint density at radius 2 is 1.81 bits per heavy atom. The van der Waals surface area contributed by atoms with E-state index in [4.69, 9.17) is 5.73 Å². The molecule has 0 atom stereocenters. The van der Waals surface area contributed by atoms with Crippen LogP contribution >= 0.6 is 11.3 Å². The number of nitrogens with two attached hydrogens (primary N) is 1. The lowest BCUT2D eigenvalue weighted by molar-refractivity contribution is 0.447. The first kappa shape index (κ1) is 20.4. The van der Waals surface area contributed by atoms with Gasteiger partial charge in [0.05, 0.1) is 0 Å². The van der Waals surface area contributed by atoms with Gasteiger partial charge < -0.3 is 11.1 Å². The number of aryl methyl sites for hydroxylation is 1. The van der Waals surface area contributed by atoms with Crippen LogP contribution in [0.5, 0.6) is 0 Å². The molecule has 0 bridgehead atoms. The highest BCUT2D eigenvalue weighted by Gasteiger charge is 2.23. The van der Waals surface area contributed by atoms with E-state index in [1.54, 1.807) is 6.07 Å². The maximum Gasteiger partial charge on any atom is 0.252 e. The van der Waals surface area contributed by atoms with Crippen molar-refractivity contribution in [3.63, 3.8) is 0 Å². The van der Waals surface area contributed by atoms with Gasteiger partial charge in [-0.1, -0.05) is 31.5 Å². The van der Waals surface area contributed by atoms with E-state index in [0.717, 1.165) is 10.6 Å². The molecule has 0 fully saturated rings. The summed E-state index contributed by atoms with van der Waals surface area (Å²) in [5, 5.41) is 3.04. The van der Waals surface area contributed by atoms with E-state index in [-0.39, 0.29) is 0 Å². The first-order valence-corrected chi connectivity index (χ1v) is 10.8. The van der Waals surface area contributed by atoms with Crippen molar-refractivity contribution in [2.24, 2.45) is 10.7 Å². The average Bonchev–Trinajstić information content (AvgIpc) is 3.07. The molecule has 2 aromatic rings. The zero-order chi connectivity index (χ0) is 19.2. The number of guanidine groups is 1. The average molecular weight is 395 g/mol. The lowest BCUT2D eigenvalue weighted by atomic mass is 10.2. The zero-order valence-corrected chi connectivity index (χ0v) is 17.0. The second-order valence-electron chi connectivity index (χ2n) is 5.82. The Bertz CT molecular complexity index is 838. The van der Waals surface area contributed by atoms with Crippen LogP contribution in [0.1, 0.15) is 24.3 Å². The molecule has 0 aliphatic carbocycles. The molecule has 3 N–H and O–H groups in total. The van der Waals surface area contributed by atoms with Gasteiger partial charge in [0.2, 0.25) is 0 Å². The number of hydrogen-bond acceptors (Lipinski definition) is 4. The van der Waals surface area contributed by atoms with Crippen molar-refractivity contribution in [2.45, 2.75) is 31.4 Å². The largest absolute Gasteiger partial charge is 0.370 e. The summed E-state index contributed by atoms with van der Waals surface area (Å²) in [5.41, 5.74) is 7.97. The zero-order valence-electron chi connectivity index (χ0n) is 15.4. The van der Waals surface area contributed by atoms with Crippen molar-refractivity contribution in [2.75, 3.05) is 25.0 Å². The Labute approximate surface area is 159 Å². The highest BCUT2D eigenvalue weighted by molar-refractivity contribution is 7.91. The summed E-state index contributed by atoms with van der Waals surface area (Å²) >= 11 is 1.30. The Hall–Kier alpha value is -1.90. The van der Waals surface area contributed by atoms with E-state index in [1.165, 1.54) is 21.2 Å². The van der Waals surface area contributed by atoms with Crippen LogP contribution < -0.4 is 11.1 Å². The van der Waals surface area contributed by atoms with Crippen LogP contribution in [0.15, 0.2) is 45.6 Å². The molecule has 0 saturated carbocycles. The molecule has 0 unspecified atom stereocenters. The minimum Gasteiger partial charge on any atom is -0.370 e. The third-order valence-corrected chi connectivity index (χ3v) is 7.56. The van der Waals surface area contributed by atoms with Crippen LogP contribution in [0.4, 0.5) is 5.69 Å². The second kappa shape index (κ2) is 9.16. The minimum atomic E-state index is -3.39. The molecule has 0 aliphatic rings. The second-order valence-corrected chi connectivity index (χ2v) is 9.15. The molecule has 0 amide bonds. The van der Waals surface area contributed by atoms with Crippen LogP contribution in [0.25, 0.3) is 0 Å². The minimum absolute atomic E-state index is 0.349. The third kappa shape index (κ3) is 5.30. The maximum atomic E-state index is 12.5. The van der Waals surface area contributed by atoms with Crippen molar-refractivity contribution < 1.29 is 8.42 Å². The number of rotatable bonds is 8. The summed E-state index contributed by atoms with van der Waals surface area (Å²) in [4.78, 5) is 5.28.